The van der Waals surface area contributed by atoms with E-state index in [2.05, 4.69) is 53.1 Å². The van der Waals surface area contributed by atoms with Crippen molar-refractivity contribution in [2.45, 2.75) is 0 Å². The van der Waals surface area contributed by atoms with Gasteiger partial charge in [0.05, 0.1) is 86.5 Å². The molecule has 2 heterocycles. The zero-order valence-electron chi connectivity index (χ0n) is 38.4. The van der Waals surface area contributed by atoms with Crippen LogP contribution in [0.25, 0.3) is 106 Å². The maximum Gasteiger partial charge on any atom is 0.164 e. The first-order valence-electron chi connectivity index (χ1n) is 22.9. The van der Waals surface area contributed by atoms with Gasteiger partial charge in [0.25, 0.3) is 0 Å². The third kappa shape index (κ3) is 8.11. The zero-order chi connectivity index (χ0) is 50.0. The Kier molecular flexibility index (Phi) is 11.3. The van der Waals surface area contributed by atoms with E-state index in [4.69, 9.17) is 15.0 Å². The maximum atomic E-state index is 10.4. The van der Waals surface area contributed by atoms with Crippen LogP contribution in [0.2, 0.25) is 0 Å². The summed E-state index contributed by atoms with van der Waals surface area (Å²) in [6, 6.07) is 73.8. The molecule has 2 aromatic heterocycles. The van der Waals surface area contributed by atoms with E-state index in [0.717, 1.165) is 55.2 Å². The van der Waals surface area contributed by atoms with E-state index >= 15 is 0 Å². The molecule has 0 atom stereocenters. The van der Waals surface area contributed by atoms with Crippen LogP contribution in [0.4, 0.5) is 0 Å². The van der Waals surface area contributed by atoms with Crippen molar-refractivity contribution in [3.8, 4) is 121 Å². The molecule has 334 valence electrons. The number of aromatic nitrogens is 4. The van der Waals surface area contributed by atoms with Gasteiger partial charge in [0.2, 0.25) is 0 Å². The predicted molar refractivity (Wildman–Crippen MR) is 281 cm³/mol. The molecule has 0 aliphatic rings. The molecular formula is C63H32N10. The number of hydrogen-bond donors (Lipinski definition) is 0. The SMILES string of the molecule is N#Cc1cc(C#N)cc(-c2cc(-c3nc(-c4ccccc4)nc(-c4ccccc4)n3)cc(-c3cc(C#N)cc(C#N)c3)c2-n2c3ccc(-c4ccccc4C#N)cc3c3cc(-c4ccccc4C#N)ccc32)c1. The Hall–Kier alpha value is -11.3. The van der Waals surface area contributed by atoms with Crippen molar-refractivity contribution in [1.29, 1.82) is 31.6 Å². The summed E-state index contributed by atoms with van der Waals surface area (Å²) in [6.07, 6.45) is 0. The van der Waals surface area contributed by atoms with E-state index in [-0.39, 0.29) is 22.3 Å². The molecule has 11 aromatic rings. The second kappa shape index (κ2) is 18.7. The minimum absolute atomic E-state index is 0.256. The molecule has 0 saturated carbocycles. The Bertz CT molecular complexity index is 4010. The van der Waals surface area contributed by atoms with E-state index < -0.39 is 0 Å². The van der Waals surface area contributed by atoms with Crippen molar-refractivity contribution in [3.05, 3.63) is 228 Å². The van der Waals surface area contributed by atoms with Crippen LogP contribution in [0.5, 0.6) is 0 Å². The highest BCUT2D eigenvalue weighted by molar-refractivity contribution is 6.13. The summed E-state index contributed by atoms with van der Waals surface area (Å²) in [5.41, 5.74) is 11.5. The van der Waals surface area contributed by atoms with E-state index in [9.17, 15) is 31.6 Å². The zero-order valence-corrected chi connectivity index (χ0v) is 38.4. The fourth-order valence-corrected chi connectivity index (χ4v) is 9.47. The summed E-state index contributed by atoms with van der Waals surface area (Å²) in [5.74, 6) is 1.18. The maximum absolute atomic E-state index is 10.4. The van der Waals surface area contributed by atoms with Gasteiger partial charge in [-0.25, -0.2) is 15.0 Å². The number of nitrogens with zero attached hydrogens (tertiary/aromatic N) is 10. The fraction of sp³-hybridized carbons (Fsp3) is 0. The molecule has 0 saturated heterocycles. The lowest BCUT2D eigenvalue weighted by Crippen LogP contribution is -2.04. The minimum atomic E-state index is 0.256. The molecule has 0 bridgehead atoms. The van der Waals surface area contributed by atoms with Gasteiger partial charge in [-0.05, 0) is 118 Å². The standard InChI is InChI=1S/C63H32N10/c64-33-39-23-40(34-65)26-49(25-39)54-31-51(63-71-61(43-11-3-1-4-12-43)70-62(72-63)44-13-5-2-6-14-44)32-55(50-27-41(35-66)24-42(28-50)36-67)60(54)73-58-21-19-45(52-17-9-7-15-47(52)37-68)29-56(58)57-30-46(20-22-59(57)73)53-18-10-8-16-48(53)38-69/h1-32H. The summed E-state index contributed by atoms with van der Waals surface area (Å²) < 4.78 is 2.12. The predicted octanol–water partition coefficient (Wildman–Crippen LogP) is 13.9. The van der Waals surface area contributed by atoms with Crippen molar-refractivity contribution in [2.24, 2.45) is 0 Å². The average Bonchev–Trinajstić information content (AvgIpc) is 3.79. The molecule has 10 heteroatoms. The lowest BCUT2D eigenvalue weighted by atomic mass is 9.90. The first-order chi connectivity index (χ1) is 35.9. The second-order valence-electron chi connectivity index (χ2n) is 17.1. The van der Waals surface area contributed by atoms with Gasteiger partial charge in [0, 0.05) is 38.6 Å². The highest BCUT2D eigenvalue weighted by Crippen LogP contribution is 2.46. The van der Waals surface area contributed by atoms with E-state index in [1.807, 2.05) is 133 Å². The van der Waals surface area contributed by atoms with Gasteiger partial charge in [-0.15, -0.1) is 0 Å². The normalized spacial score (nSPS) is 10.7. The largest absolute Gasteiger partial charge is 0.308 e. The molecule has 0 radical (unpaired) electrons. The van der Waals surface area contributed by atoms with Crippen LogP contribution < -0.4 is 0 Å². The summed E-state index contributed by atoms with van der Waals surface area (Å²) in [4.78, 5) is 15.2. The Morgan fingerprint density at radius 3 is 1.04 bits per heavy atom. The lowest BCUT2D eigenvalue weighted by Gasteiger charge is -2.22. The van der Waals surface area contributed by atoms with Crippen LogP contribution >= 0.6 is 0 Å². The molecule has 9 aromatic carbocycles. The van der Waals surface area contributed by atoms with Crippen molar-refractivity contribution < 1.29 is 0 Å². The molecule has 0 spiro atoms. The van der Waals surface area contributed by atoms with E-state index in [0.29, 0.717) is 62.1 Å². The molecule has 0 fully saturated rings. The van der Waals surface area contributed by atoms with Crippen LogP contribution in [-0.4, -0.2) is 19.5 Å². The van der Waals surface area contributed by atoms with Gasteiger partial charge in [-0.3, -0.25) is 0 Å². The molecule has 73 heavy (non-hydrogen) atoms. The van der Waals surface area contributed by atoms with E-state index in [1.165, 1.54) is 12.1 Å². The minimum Gasteiger partial charge on any atom is -0.308 e. The van der Waals surface area contributed by atoms with Gasteiger partial charge in [-0.2, -0.15) is 31.6 Å². The Labute approximate surface area is 419 Å². The van der Waals surface area contributed by atoms with Gasteiger partial charge in [0.15, 0.2) is 17.5 Å². The Morgan fingerprint density at radius 1 is 0.288 bits per heavy atom. The first-order valence-corrected chi connectivity index (χ1v) is 22.9. The van der Waals surface area contributed by atoms with Crippen molar-refractivity contribution in [3.63, 3.8) is 0 Å². The summed E-state index contributed by atoms with van der Waals surface area (Å²) in [7, 11) is 0. The van der Waals surface area contributed by atoms with Gasteiger partial charge in [-0.1, -0.05) is 109 Å². The highest BCUT2D eigenvalue weighted by atomic mass is 15.0. The molecule has 0 aliphatic heterocycles. The molecule has 11 rings (SSSR count). The van der Waals surface area contributed by atoms with Crippen LogP contribution in [0, 0.1) is 68.0 Å². The topological polar surface area (TPSA) is 186 Å². The fourth-order valence-electron chi connectivity index (χ4n) is 9.47. The van der Waals surface area contributed by atoms with Crippen LogP contribution in [0.15, 0.2) is 194 Å². The molecule has 0 N–H and O–H groups in total. The van der Waals surface area contributed by atoms with Crippen molar-refractivity contribution in [1.82, 2.24) is 19.5 Å². The number of benzene rings is 9. The second-order valence-corrected chi connectivity index (χ2v) is 17.1. The van der Waals surface area contributed by atoms with Crippen LogP contribution in [-0.2, 0) is 0 Å². The lowest BCUT2D eigenvalue weighted by molar-refractivity contribution is 1.07. The molecular weight excluding hydrogens is 897 g/mol. The summed E-state index contributed by atoms with van der Waals surface area (Å²) >= 11 is 0. The molecule has 0 unspecified atom stereocenters. The van der Waals surface area contributed by atoms with Crippen LogP contribution in [0.1, 0.15) is 33.4 Å². The smallest absolute Gasteiger partial charge is 0.164 e. The quantitative estimate of drug-likeness (QED) is 0.143. The van der Waals surface area contributed by atoms with Crippen LogP contribution in [0.3, 0.4) is 0 Å². The monoisotopic (exact) mass is 928 g/mol. The van der Waals surface area contributed by atoms with Gasteiger partial charge >= 0.3 is 0 Å². The van der Waals surface area contributed by atoms with E-state index in [1.54, 1.807) is 36.4 Å². The summed E-state index contributed by atoms with van der Waals surface area (Å²) in [6.45, 7) is 0. The molecule has 0 amide bonds. The highest BCUT2D eigenvalue weighted by Gasteiger charge is 2.25. The third-order valence-corrected chi connectivity index (χ3v) is 12.8. The van der Waals surface area contributed by atoms with Crippen molar-refractivity contribution in [2.75, 3.05) is 0 Å². The van der Waals surface area contributed by atoms with Gasteiger partial charge < -0.3 is 4.57 Å². The van der Waals surface area contributed by atoms with Crippen molar-refractivity contribution >= 4 is 21.8 Å². The third-order valence-electron chi connectivity index (χ3n) is 12.8. The number of rotatable bonds is 8. The number of fused-ring (bicyclic) bond motifs is 3. The molecule has 10 nitrogen and oxygen atoms in total. The average molecular weight is 929 g/mol. The summed E-state index contributed by atoms with van der Waals surface area (Å²) in [5, 5.41) is 63.9. The Morgan fingerprint density at radius 2 is 0.658 bits per heavy atom. The van der Waals surface area contributed by atoms with Gasteiger partial charge in [0.1, 0.15) is 0 Å². The Balaban J connectivity index is 1.32. The first kappa shape index (κ1) is 44.2. The number of nitriles is 6. The molecule has 0 aliphatic carbocycles. The number of hydrogen-bond acceptors (Lipinski definition) is 9.